The zero-order chi connectivity index (χ0) is 13.1. The number of para-hydroxylation sites is 1. The van der Waals surface area contributed by atoms with Crippen molar-refractivity contribution < 1.29 is 4.79 Å². The molecule has 18 heavy (non-hydrogen) atoms. The van der Waals surface area contributed by atoms with Gasteiger partial charge in [0.1, 0.15) is 0 Å². The Morgan fingerprint density at radius 1 is 1.39 bits per heavy atom. The Bertz CT molecular complexity index is 436. The standard InChI is InChI=1S/C14H20N2OS/c1-16(10-7-8-11(9-10)18-2)14(17)12-5-3-4-6-13(12)15/h3-6,10-11H,7-9,15H2,1-2H3/t10-,11+/m1/s1. The molecular formula is C14H20N2OS. The summed E-state index contributed by atoms with van der Waals surface area (Å²) in [5.74, 6) is 0.0415. The highest BCUT2D eigenvalue weighted by atomic mass is 32.2. The van der Waals surface area contributed by atoms with Gasteiger partial charge in [0.15, 0.2) is 0 Å². The lowest BCUT2D eigenvalue weighted by molar-refractivity contribution is 0.0736. The van der Waals surface area contributed by atoms with Crippen LogP contribution in [-0.4, -0.2) is 35.4 Å². The van der Waals surface area contributed by atoms with Gasteiger partial charge in [0.2, 0.25) is 0 Å². The molecule has 1 aliphatic carbocycles. The van der Waals surface area contributed by atoms with Crippen molar-refractivity contribution in [2.75, 3.05) is 19.0 Å². The Labute approximate surface area is 113 Å². The molecule has 4 heteroatoms. The molecule has 0 unspecified atom stereocenters. The van der Waals surface area contributed by atoms with Crippen LogP contribution in [-0.2, 0) is 0 Å². The Kier molecular flexibility index (Phi) is 4.17. The number of nitrogens with zero attached hydrogens (tertiary/aromatic N) is 1. The van der Waals surface area contributed by atoms with Gasteiger partial charge in [-0.2, -0.15) is 11.8 Å². The fourth-order valence-corrected chi connectivity index (χ4v) is 3.32. The van der Waals surface area contributed by atoms with Crippen molar-refractivity contribution >= 4 is 23.4 Å². The van der Waals surface area contributed by atoms with E-state index in [1.54, 1.807) is 12.1 Å². The van der Waals surface area contributed by atoms with Crippen molar-refractivity contribution in [1.29, 1.82) is 0 Å². The molecule has 0 radical (unpaired) electrons. The maximum atomic E-state index is 12.4. The van der Waals surface area contributed by atoms with Crippen LogP contribution in [0.3, 0.4) is 0 Å². The van der Waals surface area contributed by atoms with Crippen molar-refractivity contribution in [3.63, 3.8) is 0 Å². The zero-order valence-corrected chi connectivity index (χ0v) is 11.7. The van der Waals surface area contributed by atoms with E-state index in [2.05, 4.69) is 6.26 Å². The van der Waals surface area contributed by atoms with Crippen molar-refractivity contribution in [1.82, 2.24) is 4.90 Å². The fourth-order valence-electron chi connectivity index (χ4n) is 2.53. The first-order valence-corrected chi connectivity index (χ1v) is 7.56. The van der Waals surface area contributed by atoms with Crippen LogP contribution in [0, 0.1) is 0 Å². The third kappa shape index (κ3) is 2.64. The molecule has 0 aliphatic heterocycles. The minimum atomic E-state index is 0.0415. The quantitative estimate of drug-likeness (QED) is 0.854. The Morgan fingerprint density at radius 2 is 2.11 bits per heavy atom. The van der Waals surface area contributed by atoms with E-state index in [4.69, 9.17) is 5.73 Å². The number of anilines is 1. The van der Waals surface area contributed by atoms with Crippen molar-refractivity contribution in [2.24, 2.45) is 0 Å². The number of carbonyl (C=O) groups excluding carboxylic acids is 1. The van der Waals surface area contributed by atoms with Gasteiger partial charge < -0.3 is 10.6 Å². The average Bonchev–Trinajstić information content (AvgIpc) is 2.86. The van der Waals surface area contributed by atoms with Crippen LogP contribution in [0.25, 0.3) is 0 Å². The van der Waals surface area contributed by atoms with Gasteiger partial charge >= 0.3 is 0 Å². The third-order valence-electron chi connectivity index (χ3n) is 3.75. The molecule has 2 atom stereocenters. The molecule has 1 amide bonds. The summed E-state index contributed by atoms with van der Waals surface area (Å²) < 4.78 is 0. The van der Waals surface area contributed by atoms with Gasteiger partial charge in [0.25, 0.3) is 5.91 Å². The second-order valence-corrected chi connectivity index (χ2v) is 5.97. The second kappa shape index (κ2) is 5.65. The number of thioether (sulfide) groups is 1. The van der Waals surface area contributed by atoms with Crippen LogP contribution >= 0.6 is 11.8 Å². The number of amides is 1. The normalized spacial score (nSPS) is 23.0. The number of nitrogen functional groups attached to an aromatic ring is 1. The Balaban J connectivity index is 2.08. The van der Waals surface area contributed by atoms with E-state index in [1.807, 2.05) is 35.8 Å². The summed E-state index contributed by atoms with van der Waals surface area (Å²) >= 11 is 1.90. The van der Waals surface area contributed by atoms with Crippen LogP contribution in [0.4, 0.5) is 5.69 Å². The SMILES string of the molecule is CS[C@H]1CC[C@@H](N(C)C(=O)c2ccccc2N)C1. The largest absolute Gasteiger partial charge is 0.398 e. The number of benzene rings is 1. The number of carbonyl (C=O) groups is 1. The molecule has 1 aromatic rings. The highest BCUT2D eigenvalue weighted by Crippen LogP contribution is 2.31. The summed E-state index contributed by atoms with van der Waals surface area (Å²) in [6.07, 6.45) is 5.54. The Hall–Kier alpha value is -1.16. The molecule has 0 spiro atoms. The van der Waals surface area contributed by atoms with Crippen LogP contribution in [0.5, 0.6) is 0 Å². The fraction of sp³-hybridized carbons (Fsp3) is 0.500. The summed E-state index contributed by atoms with van der Waals surface area (Å²) in [7, 11) is 1.89. The summed E-state index contributed by atoms with van der Waals surface area (Å²) in [6, 6.07) is 7.65. The van der Waals surface area contributed by atoms with Gasteiger partial charge in [-0.3, -0.25) is 4.79 Å². The Morgan fingerprint density at radius 3 is 2.72 bits per heavy atom. The van der Waals surface area contributed by atoms with Crippen molar-refractivity contribution in [3.05, 3.63) is 29.8 Å². The smallest absolute Gasteiger partial charge is 0.255 e. The highest BCUT2D eigenvalue weighted by Gasteiger charge is 2.30. The van der Waals surface area contributed by atoms with Gasteiger partial charge in [0, 0.05) is 24.0 Å². The van der Waals surface area contributed by atoms with Gasteiger partial charge in [-0.1, -0.05) is 12.1 Å². The predicted molar refractivity (Wildman–Crippen MR) is 77.9 cm³/mol. The maximum absolute atomic E-state index is 12.4. The first kappa shape index (κ1) is 13.3. The molecule has 98 valence electrons. The number of hydrogen-bond acceptors (Lipinski definition) is 3. The summed E-state index contributed by atoms with van der Waals surface area (Å²) in [5.41, 5.74) is 7.04. The molecule has 0 heterocycles. The molecule has 3 nitrogen and oxygen atoms in total. The van der Waals surface area contributed by atoms with E-state index in [-0.39, 0.29) is 5.91 Å². The number of nitrogens with two attached hydrogens (primary N) is 1. The molecule has 2 rings (SSSR count). The molecule has 2 N–H and O–H groups in total. The maximum Gasteiger partial charge on any atom is 0.255 e. The molecule has 1 fully saturated rings. The van der Waals surface area contributed by atoms with E-state index in [9.17, 15) is 4.79 Å². The van der Waals surface area contributed by atoms with Crippen molar-refractivity contribution in [2.45, 2.75) is 30.6 Å². The van der Waals surface area contributed by atoms with Crippen LogP contribution in [0.15, 0.2) is 24.3 Å². The molecule has 1 saturated carbocycles. The molecule has 0 bridgehead atoms. The molecule has 1 aliphatic rings. The van der Waals surface area contributed by atoms with E-state index < -0.39 is 0 Å². The topological polar surface area (TPSA) is 46.3 Å². The minimum absolute atomic E-state index is 0.0415. The minimum Gasteiger partial charge on any atom is -0.398 e. The molecular weight excluding hydrogens is 244 g/mol. The number of rotatable bonds is 3. The first-order valence-electron chi connectivity index (χ1n) is 6.28. The lowest BCUT2D eigenvalue weighted by Gasteiger charge is -2.25. The van der Waals surface area contributed by atoms with E-state index in [0.29, 0.717) is 22.5 Å². The van der Waals surface area contributed by atoms with Crippen LogP contribution in [0.1, 0.15) is 29.6 Å². The lowest BCUT2D eigenvalue weighted by atomic mass is 10.1. The summed E-state index contributed by atoms with van der Waals surface area (Å²) in [6.45, 7) is 0. The predicted octanol–water partition coefficient (Wildman–Crippen LogP) is 2.62. The van der Waals surface area contributed by atoms with Gasteiger partial charge in [0.05, 0.1) is 5.56 Å². The molecule has 1 aromatic carbocycles. The van der Waals surface area contributed by atoms with E-state index >= 15 is 0 Å². The number of hydrogen-bond donors (Lipinski definition) is 1. The third-order valence-corrected chi connectivity index (χ3v) is 4.84. The lowest BCUT2D eigenvalue weighted by Crippen LogP contribution is -2.36. The average molecular weight is 264 g/mol. The second-order valence-electron chi connectivity index (χ2n) is 4.83. The summed E-state index contributed by atoms with van der Waals surface area (Å²) in [5, 5.41) is 0.693. The van der Waals surface area contributed by atoms with Crippen LogP contribution < -0.4 is 5.73 Å². The van der Waals surface area contributed by atoms with E-state index in [1.165, 1.54) is 6.42 Å². The zero-order valence-electron chi connectivity index (χ0n) is 10.9. The van der Waals surface area contributed by atoms with Gasteiger partial charge in [-0.05, 0) is 37.7 Å². The molecule has 0 aromatic heterocycles. The van der Waals surface area contributed by atoms with Gasteiger partial charge in [-0.15, -0.1) is 0 Å². The van der Waals surface area contributed by atoms with E-state index in [0.717, 1.165) is 12.8 Å². The van der Waals surface area contributed by atoms with Gasteiger partial charge in [-0.25, -0.2) is 0 Å². The summed E-state index contributed by atoms with van der Waals surface area (Å²) in [4.78, 5) is 14.2. The first-order chi connectivity index (χ1) is 8.63. The van der Waals surface area contributed by atoms with Crippen molar-refractivity contribution in [3.8, 4) is 0 Å². The van der Waals surface area contributed by atoms with Crippen LogP contribution in [0.2, 0.25) is 0 Å². The highest BCUT2D eigenvalue weighted by molar-refractivity contribution is 7.99. The molecule has 0 saturated heterocycles. The monoisotopic (exact) mass is 264 g/mol.